The number of nitrogens with zero attached hydrogens (tertiary/aromatic N) is 2. The topological polar surface area (TPSA) is 567 Å². The van der Waals surface area contributed by atoms with E-state index in [0.717, 1.165) is 0 Å². The third-order valence-corrected chi connectivity index (χ3v) is 14.5. The van der Waals surface area contributed by atoms with Crippen molar-refractivity contribution in [2.75, 3.05) is 38.2 Å². The first kappa shape index (κ1) is 76.8. The number of nitrogens with two attached hydrogens (primary N) is 7. The van der Waals surface area contributed by atoms with Crippen molar-refractivity contribution in [2.24, 2.45) is 56.0 Å². The Morgan fingerprint density at radius 2 is 0.899 bits per heavy atom. The van der Waals surface area contributed by atoms with Crippen LogP contribution in [0, 0.1) is 5.92 Å². The third-order valence-electron chi connectivity index (χ3n) is 13.9. The highest BCUT2D eigenvalue weighted by Gasteiger charge is 2.36. The molecular formula is C56H94N18O14S. The van der Waals surface area contributed by atoms with Crippen molar-refractivity contribution in [3.05, 3.63) is 36.0 Å². The second-order valence-corrected chi connectivity index (χ2v) is 22.7. The van der Waals surface area contributed by atoms with Gasteiger partial charge in [-0.05, 0) is 133 Å². The van der Waals surface area contributed by atoms with Crippen LogP contribution in [0.3, 0.4) is 0 Å². The molecule has 2 aromatic rings. The van der Waals surface area contributed by atoms with Crippen LogP contribution in [0.4, 0.5) is 0 Å². The fourth-order valence-corrected chi connectivity index (χ4v) is 9.60. The smallest absolute Gasteiger partial charge is 0.326 e. The molecule has 26 N–H and O–H groups in total. The van der Waals surface area contributed by atoms with Gasteiger partial charge >= 0.3 is 17.9 Å². The number of carboxylic acids is 3. The van der Waals surface area contributed by atoms with Gasteiger partial charge in [-0.1, -0.05) is 32.0 Å². The van der Waals surface area contributed by atoms with E-state index < -0.39 is 139 Å². The van der Waals surface area contributed by atoms with E-state index in [2.05, 4.69) is 57.5 Å². The number of aromatic nitrogens is 1. The van der Waals surface area contributed by atoms with E-state index in [1.807, 2.05) is 0 Å². The zero-order chi connectivity index (χ0) is 66.6. The van der Waals surface area contributed by atoms with Gasteiger partial charge in [0.15, 0.2) is 11.9 Å². The van der Waals surface area contributed by atoms with Gasteiger partial charge in [-0.2, -0.15) is 11.8 Å². The number of benzene rings is 1. The Morgan fingerprint density at radius 1 is 0.506 bits per heavy atom. The van der Waals surface area contributed by atoms with E-state index in [9.17, 15) is 63.0 Å². The summed E-state index contributed by atoms with van der Waals surface area (Å²) in [6.45, 7) is 4.03. The molecule has 2 rings (SSSR count). The Hall–Kier alpha value is -8.30. The highest BCUT2D eigenvalue weighted by molar-refractivity contribution is 7.98. The van der Waals surface area contributed by atoms with Crippen molar-refractivity contribution in [3.63, 3.8) is 0 Å². The minimum absolute atomic E-state index is 0.0124. The fourth-order valence-electron chi connectivity index (χ4n) is 9.13. The zero-order valence-corrected chi connectivity index (χ0v) is 51.7. The normalized spacial score (nSPS) is 14.1. The number of rotatable bonds is 46. The monoisotopic (exact) mass is 1270 g/mol. The highest BCUT2D eigenvalue weighted by Crippen LogP contribution is 2.20. The van der Waals surface area contributed by atoms with Crippen LogP contribution in [-0.2, 0) is 59.2 Å². The first-order valence-electron chi connectivity index (χ1n) is 29.6. The molecule has 0 aliphatic carbocycles. The molecular weight excluding hydrogens is 1180 g/mol. The van der Waals surface area contributed by atoms with Gasteiger partial charge in [0.2, 0.25) is 47.3 Å². The molecule has 0 spiro atoms. The maximum atomic E-state index is 14.9. The molecule has 32 nitrogen and oxygen atoms in total. The van der Waals surface area contributed by atoms with Gasteiger partial charge in [0.05, 0.1) is 6.04 Å². The van der Waals surface area contributed by atoms with E-state index in [4.69, 9.17) is 45.2 Å². The van der Waals surface area contributed by atoms with E-state index in [-0.39, 0.29) is 108 Å². The number of unbranched alkanes of at least 4 members (excludes halogenated alkanes) is 2. The molecule has 33 heteroatoms. The standard InChI is InChI=1S/C56H94N18O14S/c1-31(2)28-42(73-50(83)39(19-21-45(77)78)67-46(79)34(59)18-20-44(75)76)52(85)70-36(14-6-8-23-57)47(80)68-38(17-11-26-65-56(62)63)49(82)74-43(29-32-30-66-35-13-5-4-12-33(32)35)53(86)71-40(22-27-89-3)51(84)69-37(16-10-25-64-55(60)61)48(81)72-41(54(87)88)15-7-9-24-58/h4-5,12-13,30-31,34,36-43,66H,6-11,14-29,57-59H2,1-3H3,(H,67,79)(H,68,80)(H,69,84)(H,70,85)(H,71,86)(H,72,81)(H,73,83)(H,74,82)(H,75,76)(H,77,78)(H,87,88)(H4,60,61,64)(H4,62,63,65)/t34-,36-,37-,38-,39-,40-,41-,42-,43-/m0/s1. The summed E-state index contributed by atoms with van der Waals surface area (Å²) in [6.07, 6.45) is 3.05. The molecule has 0 saturated heterocycles. The van der Waals surface area contributed by atoms with Gasteiger partial charge in [-0.15, -0.1) is 0 Å². The van der Waals surface area contributed by atoms with Crippen LogP contribution in [0.15, 0.2) is 40.4 Å². The summed E-state index contributed by atoms with van der Waals surface area (Å²) in [6, 6.07) is -5.48. The number of aromatic amines is 1. The van der Waals surface area contributed by atoms with Gasteiger partial charge in [0, 0.05) is 49.5 Å². The number of guanidine groups is 2. The number of hydrogen-bond donors (Lipinski definition) is 19. The number of hydrogen-bond acceptors (Lipinski definition) is 17. The Morgan fingerprint density at radius 3 is 1.36 bits per heavy atom. The number of fused-ring (bicyclic) bond motifs is 1. The van der Waals surface area contributed by atoms with Gasteiger partial charge in [-0.25, -0.2) is 4.79 Å². The summed E-state index contributed by atoms with van der Waals surface area (Å²) in [7, 11) is 0. The second-order valence-electron chi connectivity index (χ2n) is 21.7. The van der Waals surface area contributed by atoms with Crippen LogP contribution >= 0.6 is 11.8 Å². The molecule has 0 unspecified atom stereocenters. The average molecular weight is 1280 g/mol. The van der Waals surface area contributed by atoms with Crippen LogP contribution in [0.2, 0.25) is 0 Å². The highest BCUT2D eigenvalue weighted by atomic mass is 32.2. The largest absolute Gasteiger partial charge is 0.481 e. The molecule has 1 aromatic carbocycles. The molecule has 0 saturated carbocycles. The van der Waals surface area contributed by atoms with Crippen LogP contribution in [-0.4, -0.2) is 190 Å². The number of carboxylic acid groups (broad SMARTS) is 3. The summed E-state index contributed by atoms with van der Waals surface area (Å²) >= 11 is 1.35. The summed E-state index contributed by atoms with van der Waals surface area (Å²) < 4.78 is 0. The third kappa shape index (κ3) is 30.5. The molecule has 0 bridgehead atoms. The number of amides is 8. The summed E-state index contributed by atoms with van der Waals surface area (Å²) in [5.41, 5.74) is 40.8. The summed E-state index contributed by atoms with van der Waals surface area (Å²) in [4.78, 5) is 160. The second kappa shape index (κ2) is 41.8. The van der Waals surface area contributed by atoms with Crippen LogP contribution < -0.4 is 82.7 Å². The first-order chi connectivity index (χ1) is 42.2. The van der Waals surface area contributed by atoms with Crippen molar-refractivity contribution in [3.8, 4) is 0 Å². The number of nitrogens with one attached hydrogen (secondary N) is 9. The number of aliphatic carboxylic acids is 3. The Labute approximate surface area is 521 Å². The summed E-state index contributed by atoms with van der Waals surface area (Å²) in [5, 5.41) is 50.2. The number of carbonyl (C=O) groups is 11. The predicted octanol–water partition coefficient (Wildman–Crippen LogP) is -3.11. The van der Waals surface area contributed by atoms with Gasteiger partial charge in [0.25, 0.3) is 0 Å². The SMILES string of the molecule is CSCC[C@H](NC(=O)[C@H](Cc1c[nH]c2ccccc12)NC(=O)[C@H](CCCN=C(N)N)NC(=O)[C@H](CCCCN)NC(=O)[C@H](CC(C)C)NC(=O)[C@H](CCC(=O)O)NC(=O)[C@@H](N)CCC(=O)O)C(=O)N[C@@H](CCCN=C(N)N)C(=O)N[C@@H](CCCCN)C(=O)O. The molecule has 9 atom stereocenters. The molecule has 0 fully saturated rings. The molecule has 0 radical (unpaired) electrons. The van der Waals surface area contributed by atoms with Crippen LogP contribution in [0.25, 0.3) is 10.9 Å². The van der Waals surface area contributed by atoms with Gasteiger partial charge < -0.3 is 103 Å². The predicted molar refractivity (Wildman–Crippen MR) is 335 cm³/mol. The first-order valence-corrected chi connectivity index (χ1v) is 31.0. The Kier molecular flexibility index (Phi) is 36.0. The molecule has 89 heavy (non-hydrogen) atoms. The number of thioether (sulfide) groups is 1. The molecule has 0 aliphatic heterocycles. The van der Waals surface area contributed by atoms with E-state index in [1.165, 1.54) is 11.8 Å². The van der Waals surface area contributed by atoms with Crippen molar-refractivity contribution < 1.29 is 68.1 Å². The number of para-hydroxylation sites is 1. The number of aliphatic imine (C=N–C) groups is 2. The van der Waals surface area contributed by atoms with E-state index >= 15 is 0 Å². The molecule has 1 aromatic heterocycles. The van der Waals surface area contributed by atoms with Crippen molar-refractivity contribution >= 4 is 99.7 Å². The van der Waals surface area contributed by atoms with Crippen molar-refractivity contribution in [2.45, 2.75) is 177 Å². The maximum Gasteiger partial charge on any atom is 0.326 e. The minimum atomic E-state index is -1.54. The lowest BCUT2D eigenvalue weighted by molar-refractivity contribution is -0.142. The molecule has 1 heterocycles. The lowest BCUT2D eigenvalue weighted by Gasteiger charge is -2.28. The lowest BCUT2D eigenvalue weighted by Crippen LogP contribution is -2.60. The molecule has 498 valence electrons. The summed E-state index contributed by atoms with van der Waals surface area (Å²) in [5.74, 6) is -11.3. The Balaban J connectivity index is 2.65. The molecule has 8 amide bonds. The fraction of sp³-hybridized carbons (Fsp3) is 0.625. The minimum Gasteiger partial charge on any atom is -0.481 e. The van der Waals surface area contributed by atoms with Gasteiger partial charge in [-0.3, -0.25) is 57.9 Å². The number of H-pyrrole nitrogens is 1. The van der Waals surface area contributed by atoms with Crippen LogP contribution in [0.1, 0.15) is 122 Å². The van der Waals surface area contributed by atoms with Gasteiger partial charge in [0.1, 0.15) is 48.3 Å². The van der Waals surface area contributed by atoms with Crippen molar-refractivity contribution in [1.29, 1.82) is 0 Å². The molecule has 0 aliphatic rings. The average Bonchev–Trinajstić information content (AvgIpc) is 2.38. The quantitative estimate of drug-likeness (QED) is 0.0177. The maximum absolute atomic E-state index is 14.9. The van der Waals surface area contributed by atoms with Crippen molar-refractivity contribution in [1.82, 2.24) is 47.5 Å². The van der Waals surface area contributed by atoms with Crippen LogP contribution in [0.5, 0.6) is 0 Å². The van der Waals surface area contributed by atoms with E-state index in [1.54, 1.807) is 50.6 Å². The van der Waals surface area contributed by atoms with E-state index in [0.29, 0.717) is 48.0 Å². The lowest BCUT2D eigenvalue weighted by atomic mass is 10.00. The number of carbonyl (C=O) groups excluding carboxylic acids is 8. The zero-order valence-electron chi connectivity index (χ0n) is 50.9. The Bertz CT molecular complexity index is 2710.